The van der Waals surface area contributed by atoms with E-state index in [1.54, 1.807) is 0 Å². The first-order valence-corrected chi connectivity index (χ1v) is 32.1. The van der Waals surface area contributed by atoms with Gasteiger partial charge in [-0.25, -0.2) is 0 Å². The molecule has 0 radical (unpaired) electrons. The molecule has 1 unspecified atom stereocenters. The first-order valence-electron chi connectivity index (χ1n) is 32.1. The van der Waals surface area contributed by atoms with Gasteiger partial charge in [0.05, 0.1) is 0 Å². The van der Waals surface area contributed by atoms with Crippen LogP contribution in [0.4, 0.5) is 0 Å². The molecule has 0 amide bonds. The molecular weight excluding hydrogens is 925 g/mol. The number of carbonyl (C=O) groups excluding carboxylic acids is 3. The van der Waals surface area contributed by atoms with E-state index in [1.807, 2.05) is 0 Å². The molecule has 75 heavy (non-hydrogen) atoms. The molecule has 6 nitrogen and oxygen atoms in total. The predicted octanol–water partition coefficient (Wildman–Crippen LogP) is 21.9. The van der Waals surface area contributed by atoms with Gasteiger partial charge in [-0.1, -0.05) is 292 Å². The van der Waals surface area contributed by atoms with Crippen molar-refractivity contribution in [1.29, 1.82) is 0 Å². The van der Waals surface area contributed by atoms with Crippen molar-refractivity contribution < 1.29 is 28.6 Å². The standard InChI is InChI=1S/C69H120O6/c1-4-7-10-13-16-19-22-25-28-31-33-34-36-38-41-44-47-50-53-56-59-62-68(71)74-65-66(64-73-67(70)61-58-55-52-49-46-43-40-37-30-27-24-21-18-15-12-9-6-3)75-69(72)63-60-57-54-51-48-45-42-39-35-32-29-26-23-20-17-14-11-8-5-2/h9,12,18,21-22,25,27,30-31,33,40,43,49,52,66H,4-8,10-11,13-17,19-20,23-24,26,28-29,32,34-39,41-42,44-48,50-51,53-65H2,1-3H3/b12-9-,21-18-,25-22-,30-27-,33-31-,43-40-,52-49-. The molecule has 0 rings (SSSR count). The zero-order valence-corrected chi connectivity index (χ0v) is 49.6. The fourth-order valence-corrected chi connectivity index (χ4v) is 9.10. The summed E-state index contributed by atoms with van der Waals surface area (Å²) >= 11 is 0. The van der Waals surface area contributed by atoms with E-state index in [0.717, 1.165) is 83.5 Å². The van der Waals surface area contributed by atoms with Crippen molar-refractivity contribution in [2.24, 2.45) is 0 Å². The topological polar surface area (TPSA) is 78.9 Å². The normalized spacial score (nSPS) is 12.6. The molecule has 0 aliphatic rings. The fourth-order valence-electron chi connectivity index (χ4n) is 9.10. The highest BCUT2D eigenvalue weighted by molar-refractivity contribution is 5.71. The highest BCUT2D eigenvalue weighted by atomic mass is 16.6. The first kappa shape index (κ1) is 71.6. The van der Waals surface area contributed by atoms with Gasteiger partial charge >= 0.3 is 17.9 Å². The van der Waals surface area contributed by atoms with E-state index in [0.29, 0.717) is 19.3 Å². The van der Waals surface area contributed by atoms with Crippen molar-refractivity contribution >= 4 is 17.9 Å². The van der Waals surface area contributed by atoms with Crippen molar-refractivity contribution in [1.82, 2.24) is 0 Å². The molecule has 0 aliphatic carbocycles. The molecular formula is C69H120O6. The Labute approximate surface area is 465 Å². The number of ether oxygens (including phenoxy) is 3. The van der Waals surface area contributed by atoms with Crippen molar-refractivity contribution in [3.8, 4) is 0 Å². The maximum absolute atomic E-state index is 12.9. The van der Waals surface area contributed by atoms with Crippen LogP contribution >= 0.6 is 0 Å². The molecule has 1 atom stereocenters. The van der Waals surface area contributed by atoms with Gasteiger partial charge in [0, 0.05) is 19.3 Å². The Kier molecular flexibility index (Phi) is 60.3. The third-order valence-corrected chi connectivity index (χ3v) is 13.9. The number of carbonyl (C=O) groups is 3. The van der Waals surface area contributed by atoms with Gasteiger partial charge in [-0.2, -0.15) is 0 Å². The smallest absolute Gasteiger partial charge is 0.306 e. The summed E-state index contributed by atoms with van der Waals surface area (Å²) in [4.78, 5) is 38.3. The predicted molar refractivity (Wildman–Crippen MR) is 325 cm³/mol. The van der Waals surface area contributed by atoms with Gasteiger partial charge < -0.3 is 14.2 Å². The van der Waals surface area contributed by atoms with Crippen molar-refractivity contribution in [2.75, 3.05) is 13.2 Å². The Hall–Kier alpha value is -3.41. The van der Waals surface area contributed by atoms with Gasteiger partial charge in [0.25, 0.3) is 0 Å². The third-order valence-electron chi connectivity index (χ3n) is 13.9. The minimum absolute atomic E-state index is 0.0941. The summed E-state index contributed by atoms with van der Waals surface area (Å²) < 4.78 is 16.9. The summed E-state index contributed by atoms with van der Waals surface area (Å²) in [5, 5.41) is 0. The number of esters is 3. The molecule has 0 aliphatic heterocycles. The maximum Gasteiger partial charge on any atom is 0.306 e. The molecule has 0 aromatic heterocycles. The Balaban J connectivity index is 4.42. The fraction of sp³-hybridized carbons (Fsp3) is 0.754. The van der Waals surface area contributed by atoms with Crippen molar-refractivity contribution in [2.45, 2.75) is 322 Å². The van der Waals surface area contributed by atoms with Crippen molar-refractivity contribution in [3.05, 3.63) is 85.1 Å². The largest absolute Gasteiger partial charge is 0.462 e. The molecule has 0 fully saturated rings. The molecule has 432 valence electrons. The van der Waals surface area contributed by atoms with Gasteiger partial charge in [0.1, 0.15) is 13.2 Å². The summed E-state index contributed by atoms with van der Waals surface area (Å²) in [5.41, 5.74) is 0. The second-order valence-corrected chi connectivity index (χ2v) is 21.3. The van der Waals surface area contributed by atoms with Crippen LogP contribution in [0.1, 0.15) is 316 Å². The number of allylic oxidation sites excluding steroid dienone is 14. The molecule has 0 spiro atoms. The Morgan fingerprint density at radius 3 is 0.867 bits per heavy atom. The zero-order valence-electron chi connectivity index (χ0n) is 49.6. The van der Waals surface area contributed by atoms with Gasteiger partial charge in [-0.05, 0) is 89.9 Å². The highest BCUT2D eigenvalue weighted by Gasteiger charge is 2.19. The van der Waals surface area contributed by atoms with Crippen LogP contribution in [0.25, 0.3) is 0 Å². The molecule has 0 aromatic rings. The van der Waals surface area contributed by atoms with Crippen LogP contribution in [0, 0.1) is 0 Å². The van der Waals surface area contributed by atoms with Crippen molar-refractivity contribution in [3.63, 3.8) is 0 Å². The van der Waals surface area contributed by atoms with E-state index in [4.69, 9.17) is 14.2 Å². The molecule has 0 bridgehead atoms. The van der Waals surface area contributed by atoms with Crippen LogP contribution < -0.4 is 0 Å². The quantitative estimate of drug-likeness (QED) is 0.0261. The Morgan fingerprint density at radius 1 is 0.280 bits per heavy atom. The Morgan fingerprint density at radius 2 is 0.533 bits per heavy atom. The lowest BCUT2D eigenvalue weighted by atomic mass is 10.0. The van der Waals surface area contributed by atoms with Gasteiger partial charge in [-0.3, -0.25) is 14.4 Å². The first-order chi connectivity index (χ1) is 37.0. The van der Waals surface area contributed by atoms with Gasteiger partial charge in [-0.15, -0.1) is 0 Å². The average Bonchev–Trinajstić information content (AvgIpc) is 3.41. The molecule has 0 heterocycles. The second-order valence-electron chi connectivity index (χ2n) is 21.3. The lowest BCUT2D eigenvalue weighted by Gasteiger charge is -2.18. The molecule has 6 heteroatoms. The number of rotatable bonds is 58. The van der Waals surface area contributed by atoms with Crippen LogP contribution in [0.5, 0.6) is 0 Å². The minimum atomic E-state index is -0.801. The number of unbranched alkanes of at least 4 members (excludes halogenated alkanes) is 33. The lowest BCUT2D eigenvalue weighted by Crippen LogP contribution is -2.30. The van der Waals surface area contributed by atoms with Crippen LogP contribution in [-0.4, -0.2) is 37.2 Å². The van der Waals surface area contributed by atoms with E-state index in [2.05, 4.69) is 106 Å². The second kappa shape index (κ2) is 63.1. The van der Waals surface area contributed by atoms with E-state index < -0.39 is 6.10 Å². The SMILES string of the molecule is CC/C=C\C/C=C\C/C=C\C/C=C\C/C=C\CCCC(=O)OCC(COC(=O)CCCCCCCCCCC/C=C\C/C=C\CCCCCCC)OC(=O)CCCCCCCCCCCCCCCCCCCCC. The van der Waals surface area contributed by atoms with E-state index in [-0.39, 0.29) is 37.5 Å². The number of hydrogen-bond donors (Lipinski definition) is 0. The summed E-state index contributed by atoms with van der Waals surface area (Å²) in [6.45, 7) is 6.50. The van der Waals surface area contributed by atoms with Gasteiger partial charge in [0.15, 0.2) is 6.10 Å². The molecule has 0 N–H and O–H groups in total. The molecule has 0 saturated heterocycles. The highest BCUT2D eigenvalue weighted by Crippen LogP contribution is 2.17. The van der Waals surface area contributed by atoms with Crippen LogP contribution in [0.2, 0.25) is 0 Å². The average molecular weight is 1050 g/mol. The van der Waals surface area contributed by atoms with E-state index >= 15 is 0 Å². The third kappa shape index (κ3) is 61.3. The van der Waals surface area contributed by atoms with E-state index in [1.165, 1.54) is 186 Å². The van der Waals surface area contributed by atoms with E-state index in [9.17, 15) is 14.4 Å². The summed E-state index contributed by atoms with van der Waals surface area (Å²) in [5.74, 6) is -0.944. The molecule has 0 aromatic carbocycles. The molecule has 0 saturated carbocycles. The summed E-state index contributed by atoms with van der Waals surface area (Å²) in [6.07, 6.45) is 83.1. The van der Waals surface area contributed by atoms with Crippen LogP contribution in [0.15, 0.2) is 85.1 Å². The van der Waals surface area contributed by atoms with Crippen LogP contribution in [0.3, 0.4) is 0 Å². The summed E-state index contributed by atoms with van der Waals surface area (Å²) in [7, 11) is 0. The number of hydrogen-bond acceptors (Lipinski definition) is 6. The van der Waals surface area contributed by atoms with Gasteiger partial charge in [0.2, 0.25) is 0 Å². The van der Waals surface area contributed by atoms with Crippen LogP contribution in [-0.2, 0) is 28.6 Å². The summed E-state index contributed by atoms with van der Waals surface area (Å²) in [6, 6.07) is 0. The Bertz CT molecular complexity index is 1430. The minimum Gasteiger partial charge on any atom is -0.462 e. The monoisotopic (exact) mass is 1040 g/mol. The maximum atomic E-state index is 12.9. The lowest BCUT2D eigenvalue weighted by molar-refractivity contribution is -0.167. The zero-order chi connectivity index (χ0) is 54.3.